The molecule has 1 aromatic carbocycles. The van der Waals surface area contributed by atoms with E-state index in [1.54, 1.807) is 6.07 Å². The predicted molar refractivity (Wildman–Crippen MR) is 97.0 cm³/mol. The highest BCUT2D eigenvalue weighted by molar-refractivity contribution is 7.12. The largest absolute Gasteiger partial charge is 0.339 e. The molecule has 25 heavy (non-hydrogen) atoms. The van der Waals surface area contributed by atoms with Crippen LogP contribution in [-0.2, 0) is 6.54 Å². The molecule has 3 aromatic rings. The lowest BCUT2D eigenvalue weighted by atomic mass is 10.0. The lowest BCUT2D eigenvalue weighted by molar-refractivity contribution is 0.0918. The van der Waals surface area contributed by atoms with Crippen molar-refractivity contribution in [3.63, 3.8) is 0 Å². The van der Waals surface area contributed by atoms with Crippen molar-refractivity contribution in [1.82, 2.24) is 15.5 Å². The molecule has 1 unspecified atom stereocenters. The highest BCUT2D eigenvalue weighted by Crippen LogP contribution is 2.24. The van der Waals surface area contributed by atoms with Gasteiger partial charge >= 0.3 is 0 Å². The van der Waals surface area contributed by atoms with E-state index in [2.05, 4.69) is 15.5 Å². The van der Waals surface area contributed by atoms with Crippen LogP contribution in [0.3, 0.4) is 0 Å². The number of hydrogen-bond donors (Lipinski definition) is 2. The second kappa shape index (κ2) is 7.58. The van der Waals surface area contributed by atoms with Gasteiger partial charge in [-0.1, -0.05) is 49.3 Å². The van der Waals surface area contributed by atoms with Crippen LogP contribution in [-0.4, -0.2) is 16.0 Å². The van der Waals surface area contributed by atoms with Crippen LogP contribution in [0.5, 0.6) is 0 Å². The van der Waals surface area contributed by atoms with Crippen molar-refractivity contribution in [2.45, 2.75) is 26.4 Å². The number of nitrogens with two attached hydrogens (primary N) is 1. The predicted octanol–water partition coefficient (Wildman–Crippen LogP) is 3.38. The van der Waals surface area contributed by atoms with Crippen molar-refractivity contribution in [3.05, 3.63) is 58.1 Å². The van der Waals surface area contributed by atoms with Gasteiger partial charge < -0.3 is 15.6 Å². The quantitative estimate of drug-likeness (QED) is 0.706. The molecule has 0 saturated carbocycles. The van der Waals surface area contributed by atoms with E-state index >= 15 is 0 Å². The number of carbonyl (C=O) groups is 1. The molecule has 2 heterocycles. The summed E-state index contributed by atoms with van der Waals surface area (Å²) in [4.78, 5) is 17.5. The summed E-state index contributed by atoms with van der Waals surface area (Å²) in [6.07, 6.45) is 0. The van der Waals surface area contributed by atoms with E-state index in [1.807, 2.05) is 49.6 Å². The summed E-state index contributed by atoms with van der Waals surface area (Å²) in [5, 5.41) is 8.90. The minimum Gasteiger partial charge on any atom is -0.339 e. The molecule has 0 bridgehead atoms. The molecule has 1 amide bonds. The smallest absolute Gasteiger partial charge is 0.262 e. The number of carbonyl (C=O) groups excluding carboxylic acids is 1. The van der Waals surface area contributed by atoms with Crippen LogP contribution in [0.4, 0.5) is 0 Å². The van der Waals surface area contributed by atoms with Gasteiger partial charge in [-0.25, -0.2) is 0 Å². The van der Waals surface area contributed by atoms with Crippen LogP contribution >= 0.6 is 11.3 Å². The van der Waals surface area contributed by atoms with Gasteiger partial charge in [0.1, 0.15) is 6.04 Å². The Balaban J connectivity index is 1.80. The first-order chi connectivity index (χ1) is 12.1. The van der Waals surface area contributed by atoms with Gasteiger partial charge in [-0.2, -0.15) is 4.98 Å². The van der Waals surface area contributed by atoms with Crippen LogP contribution in [0.25, 0.3) is 11.4 Å². The Hall–Kier alpha value is -2.51. The molecule has 130 valence electrons. The van der Waals surface area contributed by atoms with Crippen LogP contribution in [0.1, 0.15) is 41.0 Å². The summed E-state index contributed by atoms with van der Waals surface area (Å²) < 4.78 is 5.42. The number of benzene rings is 1. The lowest BCUT2D eigenvalue weighted by Crippen LogP contribution is -2.31. The topological polar surface area (TPSA) is 94.0 Å². The van der Waals surface area contributed by atoms with Crippen molar-refractivity contribution in [2.24, 2.45) is 11.7 Å². The third-order valence-corrected chi connectivity index (χ3v) is 4.72. The molecule has 0 spiro atoms. The minimum atomic E-state index is -0.348. The maximum atomic E-state index is 12.3. The average Bonchev–Trinajstić information content (AvgIpc) is 3.31. The SMILES string of the molecule is CC(C)C(NC(=O)c1cccs1)c1nc(-c2ccc(CN)cc2)no1. The Bertz CT molecular complexity index is 825. The molecular formula is C18H20N4O2S. The Morgan fingerprint density at radius 2 is 2.04 bits per heavy atom. The fourth-order valence-corrected chi connectivity index (χ4v) is 3.03. The van der Waals surface area contributed by atoms with Gasteiger partial charge in [0.25, 0.3) is 5.91 Å². The van der Waals surface area contributed by atoms with Gasteiger partial charge in [-0.05, 0) is 22.9 Å². The van der Waals surface area contributed by atoms with Crippen LogP contribution < -0.4 is 11.1 Å². The molecule has 7 heteroatoms. The third kappa shape index (κ3) is 3.94. The van der Waals surface area contributed by atoms with Crippen molar-refractivity contribution < 1.29 is 9.32 Å². The standard InChI is InChI=1S/C18H20N4O2S/c1-11(2)15(20-17(23)14-4-3-9-25-14)18-21-16(22-24-18)13-7-5-12(10-19)6-8-13/h3-9,11,15H,10,19H2,1-2H3,(H,20,23). The van der Waals surface area contributed by atoms with Crippen LogP contribution in [0, 0.1) is 5.92 Å². The Kier molecular flexibility index (Phi) is 5.25. The number of thiophene rings is 1. The molecule has 0 saturated heterocycles. The zero-order valence-electron chi connectivity index (χ0n) is 14.1. The van der Waals surface area contributed by atoms with Crippen molar-refractivity contribution in [2.75, 3.05) is 0 Å². The van der Waals surface area contributed by atoms with Gasteiger partial charge in [0.15, 0.2) is 0 Å². The number of aromatic nitrogens is 2. The van der Waals surface area contributed by atoms with Crippen molar-refractivity contribution in [1.29, 1.82) is 0 Å². The molecule has 3 N–H and O–H groups in total. The number of nitrogens with zero attached hydrogens (tertiary/aromatic N) is 2. The number of nitrogens with one attached hydrogen (secondary N) is 1. The Labute approximate surface area is 150 Å². The van der Waals surface area contributed by atoms with Gasteiger partial charge in [0.2, 0.25) is 11.7 Å². The van der Waals surface area contributed by atoms with Crippen molar-refractivity contribution >= 4 is 17.2 Å². The molecule has 0 aliphatic heterocycles. The molecule has 1 atom stereocenters. The van der Waals surface area contributed by atoms with E-state index in [9.17, 15) is 4.79 Å². The van der Waals surface area contributed by atoms with E-state index in [0.29, 0.717) is 23.1 Å². The number of amides is 1. The maximum Gasteiger partial charge on any atom is 0.262 e. The number of rotatable bonds is 6. The summed E-state index contributed by atoms with van der Waals surface area (Å²) in [5.74, 6) is 0.866. The number of hydrogen-bond acceptors (Lipinski definition) is 6. The molecule has 0 radical (unpaired) electrons. The molecule has 0 aliphatic carbocycles. The van der Waals surface area contributed by atoms with Gasteiger partial charge in [0.05, 0.1) is 4.88 Å². The fourth-order valence-electron chi connectivity index (χ4n) is 2.40. The third-order valence-electron chi connectivity index (χ3n) is 3.85. The monoisotopic (exact) mass is 356 g/mol. The van der Waals surface area contributed by atoms with E-state index in [1.165, 1.54) is 11.3 Å². The van der Waals surface area contributed by atoms with E-state index in [0.717, 1.165) is 11.1 Å². The summed E-state index contributed by atoms with van der Waals surface area (Å²) in [7, 11) is 0. The van der Waals surface area contributed by atoms with Gasteiger partial charge in [-0.15, -0.1) is 11.3 Å². The molecule has 0 aliphatic rings. The fraction of sp³-hybridized carbons (Fsp3) is 0.278. The zero-order valence-corrected chi connectivity index (χ0v) is 14.9. The Morgan fingerprint density at radius 3 is 2.64 bits per heavy atom. The maximum absolute atomic E-state index is 12.3. The normalized spacial score (nSPS) is 12.3. The average molecular weight is 356 g/mol. The highest BCUT2D eigenvalue weighted by atomic mass is 32.1. The van der Waals surface area contributed by atoms with E-state index in [4.69, 9.17) is 10.3 Å². The summed E-state index contributed by atoms with van der Waals surface area (Å²) >= 11 is 1.40. The first kappa shape index (κ1) is 17.3. The van der Waals surface area contributed by atoms with Gasteiger partial charge in [-0.3, -0.25) is 4.79 Å². The minimum absolute atomic E-state index is 0.108. The Morgan fingerprint density at radius 1 is 1.28 bits per heavy atom. The lowest BCUT2D eigenvalue weighted by Gasteiger charge is -2.17. The van der Waals surface area contributed by atoms with E-state index in [-0.39, 0.29) is 17.9 Å². The summed E-state index contributed by atoms with van der Waals surface area (Å²) in [6.45, 7) is 4.49. The molecule has 6 nitrogen and oxygen atoms in total. The summed E-state index contributed by atoms with van der Waals surface area (Å²) in [6, 6.07) is 11.0. The zero-order chi connectivity index (χ0) is 17.8. The van der Waals surface area contributed by atoms with Crippen LogP contribution in [0.2, 0.25) is 0 Å². The van der Waals surface area contributed by atoms with Crippen molar-refractivity contribution in [3.8, 4) is 11.4 Å². The van der Waals surface area contributed by atoms with Gasteiger partial charge in [0, 0.05) is 12.1 Å². The van der Waals surface area contributed by atoms with Crippen LogP contribution in [0.15, 0.2) is 46.3 Å². The molecule has 3 rings (SSSR count). The summed E-state index contributed by atoms with van der Waals surface area (Å²) in [5.41, 5.74) is 7.50. The molecule has 0 fully saturated rings. The molecular weight excluding hydrogens is 336 g/mol. The first-order valence-electron chi connectivity index (χ1n) is 8.06. The van der Waals surface area contributed by atoms with E-state index < -0.39 is 0 Å². The second-order valence-corrected chi connectivity index (χ2v) is 6.98. The first-order valence-corrected chi connectivity index (χ1v) is 8.94. The second-order valence-electron chi connectivity index (χ2n) is 6.03. The highest BCUT2D eigenvalue weighted by Gasteiger charge is 2.25. The molecule has 2 aromatic heterocycles.